The van der Waals surface area contributed by atoms with Crippen LogP contribution in [0.3, 0.4) is 0 Å². The van der Waals surface area contributed by atoms with Crippen molar-refractivity contribution in [2.24, 2.45) is 0 Å². The van der Waals surface area contributed by atoms with Crippen molar-refractivity contribution >= 4 is 16.2 Å². The Kier molecular flexibility index (Phi) is 5.04. The van der Waals surface area contributed by atoms with Crippen molar-refractivity contribution in [2.75, 3.05) is 0 Å². The first-order chi connectivity index (χ1) is 5.58. The molecule has 0 aromatic heterocycles. The molecule has 0 aliphatic carbocycles. The van der Waals surface area contributed by atoms with E-state index in [9.17, 15) is 8.42 Å². The predicted octanol–water partition coefficient (Wildman–Crippen LogP) is -1.34. The van der Waals surface area contributed by atoms with E-state index < -0.39 is 10.1 Å². The van der Waals surface area contributed by atoms with Gasteiger partial charge in [0.2, 0.25) is 0 Å². The Balaban J connectivity index is 0. The van der Waals surface area contributed by atoms with Crippen LogP contribution in [0.2, 0.25) is 0 Å². The fourth-order valence-electron chi connectivity index (χ4n) is 0.729. The van der Waals surface area contributed by atoms with Crippen LogP contribution in [0.1, 0.15) is 6.99 Å². The first-order valence-corrected chi connectivity index (χ1v) is 4.79. The van der Waals surface area contributed by atoms with Crippen molar-refractivity contribution < 1.29 is 33.3 Å². The first-order valence-electron chi connectivity index (χ1n) is 3.28. The van der Waals surface area contributed by atoms with Crippen LogP contribution in [-0.2, 0) is 10.1 Å². The minimum Gasteiger partial charge on any atom is -1.00 e. The quantitative estimate of drug-likeness (QED) is 0.466. The van der Waals surface area contributed by atoms with Gasteiger partial charge in [0.15, 0.2) is 0 Å². The molecule has 0 saturated heterocycles. The first kappa shape index (κ1) is 12.5. The van der Waals surface area contributed by atoms with Crippen molar-refractivity contribution in [3.63, 3.8) is 0 Å². The van der Waals surface area contributed by atoms with Crippen LogP contribution < -0.4 is 18.9 Å². The standard InChI is InChI=1S/C8H8O3S.Li.H/c9-12(10,11)7-6-8-4-2-1-3-5-8;;/h1-7H,(H,9,10,11);;/q;+1;-1. The Morgan fingerprint density at radius 1 is 1.23 bits per heavy atom. The van der Waals surface area contributed by atoms with Crippen LogP contribution in [0.15, 0.2) is 35.7 Å². The molecule has 0 unspecified atom stereocenters. The molecule has 0 amide bonds. The normalized spacial score (nSPS) is 11.2. The van der Waals surface area contributed by atoms with Crippen molar-refractivity contribution in [3.8, 4) is 0 Å². The maximum Gasteiger partial charge on any atom is 1.00 e. The van der Waals surface area contributed by atoms with E-state index >= 15 is 0 Å². The fourth-order valence-corrected chi connectivity index (χ4v) is 1.06. The predicted molar refractivity (Wildman–Crippen MR) is 48.1 cm³/mol. The molecule has 0 atom stereocenters. The molecule has 0 aliphatic heterocycles. The fraction of sp³-hybridized carbons (Fsp3) is 0. The molecule has 0 heterocycles. The maximum absolute atomic E-state index is 10.3. The Bertz CT molecular complexity index is 375. The van der Waals surface area contributed by atoms with Gasteiger partial charge in [0, 0.05) is 0 Å². The summed E-state index contributed by atoms with van der Waals surface area (Å²) in [5.74, 6) is 0. The van der Waals surface area contributed by atoms with Gasteiger partial charge >= 0.3 is 18.9 Å². The molecule has 1 aromatic carbocycles. The summed E-state index contributed by atoms with van der Waals surface area (Å²) in [4.78, 5) is 0. The van der Waals surface area contributed by atoms with Gasteiger partial charge < -0.3 is 1.43 Å². The van der Waals surface area contributed by atoms with Crippen molar-refractivity contribution in [2.45, 2.75) is 0 Å². The second-order valence-electron chi connectivity index (χ2n) is 2.23. The molecule has 0 bridgehead atoms. The number of benzene rings is 1. The zero-order valence-electron chi connectivity index (χ0n) is 8.21. The maximum atomic E-state index is 10.3. The molecule has 0 fully saturated rings. The van der Waals surface area contributed by atoms with Gasteiger partial charge in [0.25, 0.3) is 10.1 Å². The van der Waals surface area contributed by atoms with Gasteiger partial charge in [-0.2, -0.15) is 8.42 Å². The van der Waals surface area contributed by atoms with Gasteiger partial charge in [-0.3, -0.25) is 4.55 Å². The summed E-state index contributed by atoms with van der Waals surface area (Å²) in [6.07, 6.45) is 1.33. The number of hydrogen-bond donors (Lipinski definition) is 1. The Labute approximate surface area is 90.9 Å². The van der Waals surface area contributed by atoms with E-state index in [2.05, 4.69) is 0 Å². The molecule has 1 rings (SSSR count). The van der Waals surface area contributed by atoms with Crippen LogP contribution >= 0.6 is 0 Å². The van der Waals surface area contributed by atoms with Crippen molar-refractivity contribution in [1.82, 2.24) is 0 Å². The molecule has 3 nitrogen and oxygen atoms in total. The molecule has 0 aliphatic rings. The average Bonchev–Trinajstić information content (AvgIpc) is 2.02. The Morgan fingerprint density at radius 2 is 1.77 bits per heavy atom. The van der Waals surface area contributed by atoms with E-state index in [0.29, 0.717) is 0 Å². The Morgan fingerprint density at radius 3 is 2.23 bits per heavy atom. The van der Waals surface area contributed by atoms with E-state index in [0.717, 1.165) is 11.0 Å². The van der Waals surface area contributed by atoms with Gasteiger partial charge in [0.1, 0.15) is 0 Å². The molecule has 1 N–H and O–H groups in total. The molecule has 0 spiro atoms. The largest absolute Gasteiger partial charge is 1.00 e. The molecule has 66 valence electrons. The smallest absolute Gasteiger partial charge is 1.00 e. The van der Waals surface area contributed by atoms with Crippen LogP contribution in [0.25, 0.3) is 6.08 Å². The van der Waals surface area contributed by atoms with Gasteiger partial charge in [-0.05, 0) is 11.6 Å². The van der Waals surface area contributed by atoms with Gasteiger partial charge in [0.05, 0.1) is 5.41 Å². The molecule has 13 heavy (non-hydrogen) atoms. The van der Waals surface area contributed by atoms with Crippen LogP contribution in [0.5, 0.6) is 0 Å². The second-order valence-corrected chi connectivity index (χ2v) is 3.53. The molecule has 0 radical (unpaired) electrons. The minimum atomic E-state index is -4.00. The third-order valence-electron chi connectivity index (χ3n) is 1.23. The molecule has 0 saturated carbocycles. The van der Waals surface area contributed by atoms with E-state index in [1.807, 2.05) is 6.07 Å². The minimum absolute atomic E-state index is 0. The van der Waals surface area contributed by atoms with Crippen LogP contribution in [-0.4, -0.2) is 13.0 Å². The van der Waals surface area contributed by atoms with E-state index in [-0.39, 0.29) is 20.3 Å². The zero-order chi connectivity index (χ0) is 9.03. The van der Waals surface area contributed by atoms with Gasteiger partial charge in [-0.1, -0.05) is 30.3 Å². The number of hydrogen-bond acceptors (Lipinski definition) is 2. The van der Waals surface area contributed by atoms with Crippen LogP contribution in [0.4, 0.5) is 0 Å². The molecular weight excluding hydrogens is 183 g/mol. The summed E-state index contributed by atoms with van der Waals surface area (Å²) in [5, 5.41) is 0.752. The summed E-state index contributed by atoms with van der Waals surface area (Å²) in [6, 6.07) is 8.86. The number of rotatable bonds is 2. The monoisotopic (exact) mass is 192 g/mol. The van der Waals surface area contributed by atoms with Gasteiger partial charge in [-0.15, -0.1) is 0 Å². The topological polar surface area (TPSA) is 54.4 Å². The third-order valence-corrected chi connectivity index (χ3v) is 1.71. The summed E-state index contributed by atoms with van der Waals surface area (Å²) in [7, 11) is -4.00. The summed E-state index contributed by atoms with van der Waals surface area (Å²) in [5.41, 5.74) is 0.732. The van der Waals surface area contributed by atoms with E-state index in [1.165, 1.54) is 6.08 Å². The zero-order valence-corrected chi connectivity index (χ0v) is 8.03. The Hall–Kier alpha value is -0.533. The van der Waals surface area contributed by atoms with Crippen LogP contribution in [0, 0.1) is 0 Å². The SMILES string of the molecule is O=S(=O)(O)C=Cc1ccccc1.[H-].[Li+]. The van der Waals surface area contributed by atoms with E-state index in [4.69, 9.17) is 4.55 Å². The second kappa shape index (κ2) is 5.25. The summed E-state index contributed by atoms with van der Waals surface area (Å²) >= 11 is 0. The summed E-state index contributed by atoms with van der Waals surface area (Å²) in [6.45, 7) is 0. The van der Waals surface area contributed by atoms with Gasteiger partial charge in [-0.25, -0.2) is 0 Å². The summed E-state index contributed by atoms with van der Waals surface area (Å²) < 4.78 is 28.9. The van der Waals surface area contributed by atoms with Crippen molar-refractivity contribution in [1.29, 1.82) is 0 Å². The average molecular weight is 192 g/mol. The molecule has 5 heteroatoms. The van der Waals surface area contributed by atoms with E-state index in [1.54, 1.807) is 24.3 Å². The third kappa shape index (κ3) is 5.67. The molecule has 1 aromatic rings. The molecular formula is C8H9LiO3S. The van der Waals surface area contributed by atoms with Crippen molar-refractivity contribution in [3.05, 3.63) is 41.3 Å².